The molecule has 0 aliphatic rings. The van der Waals surface area contributed by atoms with Crippen LogP contribution in [0.3, 0.4) is 0 Å². The van der Waals surface area contributed by atoms with E-state index in [2.05, 4.69) is 10.1 Å². The van der Waals surface area contributed by atoms with E-state index in [0.29, 0.717) is 28.2 Å². The molecule has 2 N–H and O–H groups in total. The first-order valence-corrected chi connectivity index (χ1v) is 6.18. The van der Waals surface area contributed by atoms with Gasteiger partial charge < -0.3 is 10.3 Å². The van der Waals surface area contributed by atoms with Crippen LogP contribution in [0.2, 0.25) is 10.0 Å². The highest BCUT2D eigenvalue weighted by molar-refractivity contribution is 6.35. The zero-order chi connectivity index (χ0) is 13.3. The zero-order valence-electron chi connectivity index (χ0n) is 10.1. The summed E-state index contributed by atoms with van der Waals surface area (Å²) in [4.78, 5) is 4.25. The van der Waals surface area contributed by atoms with Crippen molar-refractivity contribution in [3.63, 3.8) is 0 Å². The maximum Gasteiger partial charge on any atom is 0.246 e. The van der Waals surface area contributed by atoms with Gasteiger partial charge in [-0.3, -0.25) is 0 Å². The molecule has 0 bridgehead atoms. The fraction of sp³-hybridized carbons (Fsp3) is 0.333. The van der Waals surface area contributed by atoms with E-state index >= 15 is 0 Å². The highest BCUT2D eigenvalue weighted by atomic mass is 35.5. The second kappa shape index (κ2) is 4.88. The summed E-state index contributed by atoms with van der Waals surface area (Å²) in [6.07, 6.45) is 0.482. The first-order valence-electron chi connectivity index (χ1n) is 5.42. The summed E-state index contributed by atoms with van der Waals surface area (Å²) in [5, 5.41) is 5.07. The van der Waals surface area contributed by atoms with E-state index in [0.717, 1.165) is 5.56 Å². The molecule has 0 radical (unpaired) electrons. The standard InChI is InChI=1S/C12H13Cl2N3O/c1-12(2,15)11-16-10(17-18-11)5-7-3-4-8(13)6-9(7)14/h3-4,6H,5,15H2,1-2H3. The van der Waals surface area contributed by atoms with E-state index in [-0.39, 0.29) is 0 Å². The van der Waals surface area contributed by atoms with Gasteiger partial charge in [-0.15, -0.1) is 0 Å². The molecule has 1 aromatic heterocycles. The van der Waals surface area contributed by atoms with Gasteiger partial charge in [0.25, 0.3) is 0 Å². The minimum atomic E-state index is -0.644. The Labute approximate surface area is 115 Å². The number of benzene rings is 1. The Morgan fingerprint density at radius 2 is 2.06 bits per heavy atom. The van der Waals surface area contributed by atoms with Crippen LogP contribution in [0.4, 0.5) is 0 Å². The first-order chi connectivity index (χ1) is 8.36. The summed E-state index contributed by atoms with van der Waals surface area (Å²) in [5.74, 6) is 0.954. The summed E-state index contributed by atoms with van der Waals surface area (Å²) in [6.45, 7) is 3.61. The molecule has 2 aromatic rings. The lowest BCUT2D eigenvalue weighted by atomic mass is 10.1. The van der Waals surface area contributed by atoms with Crippen LogP contribution in [0.15, 0.2) is 22.7 Å². The van der Waals surface area contributed by atoms with Crippen LogP contribution < -0.4 is 5.73 Å². The summed E-state index contributed by atoms with van der Waals surface area (Å²) in [6, 6.07) is 5.30. The molecule has 1 aromatic carbocycles. The van der Waals surface area contributed by atoms with Crippen molar-refractivity contribution >= 4 is 23.2 Å². The van der Waals surface area contributed by atoms with Crippen LogP contribution in [0.1, 0.15) is 31.1 Å². The zero-order valence-corrected chi connectivity index (χ0v) is 11.6. The average Bonchev–Trinajstić information content (AvgIpc) is 2.70. The Balaban J connectivity index is 2.21. The van der Waals surface area contributed by atoms with Crippen molar-refractivity contribution in [3.8, 4) is 0 Å². The molecule has 1 heterocycles. The minimum Gasteiger partial charge on any atom is -0.337 e. The SMILES string of the molecule is CC(C)(N)c1nc(Cc2ccc(Cl)cc2Cl)no1. The second-order valence-corrected chi connectivity index (χ2v) is 5.49. The minimum absolute atomic E-state index is 0.405. The number of hydrogen-bond acceptors (Lipinski definition) is 4. The fourth-order valence-electron chi connectivity index (χ4n) is 1.42. The number of rotatable bonds is 3. The summed E-state index contributed by atoms with van der Waals surface area (Å²) < 4.78 is 5.11. The van der Waals surface area contributed by atoms with E-state index in [9.17, 15) is 0 Å². The van der Waals surface area contributed by atoms with Gasteiger partial charge in [0.1, 0.15) is 0 Å². The van der Waals surface area contributed by atoms with Crippen LogP contribution in [0.5, 0.6) is 0 Å². The van der Waals surface area contributed by atoms with Crippen molar-refractivity contribution in [1.29, 1.82) is 0 Å². The van der Waals surface area contributed by atoms with Gasteiger partial charge >= 0.3 is 0 Å². The second-order valence-electron chi connectivity index (χ2n) is 4.65. The maximum absolute atomic E-state index is 6.08. The maximum atomic E-state index is 6.08. The van der Waals surface area contributed by atoms with Crippen LogP contribution in [-0.2, 0) is 12.0 Å². The largest absolute Gasteiger partial charge is 0.337 e. The average molecular weight is 286 g/mol. The van der Waals surface area contributed by atoms with Crippen LogP contribution >= 0.6 is 23.2 Å². The molecule has 0 spiro atoms. The molecule has 0 atom stereocenters. The molecule has 96 valence electrons. The molecule has 0 aliphatic carbocycles. The summed E-state index contributed by atoms with van der Waals surface area (Å²) >= 11 is 11.9. The van der Waals surface area contributed by atoms with Gasteiger partial charge in [-0.05, 0) is 31.5 Å². The predicted molar refractivity (Wildman–Crippen MR) is 70.8 cm³/mol. The van der Waals surface area contributed by atoms with Gasteiger partial charge in [0.15, 0.2) is 5.82 Å². The van der Waals surface area contributed by atoms with Gasteiger partial charge in [0.05, 0.1) is 5.54 Å². The third-order valence-electron chi connectivity index (χ3n) is 2.38. The van der Waals surface area contributed by atoms with Crippen molar-refractivity contribution in [3.05, 3.63) is 45.5 Å². The predicted octanol–water partition coefficient (Wildman–Crippen LogP) is 3.16. The van der Waals surface area contributed by atoms with Crippen LogP contribution in [0, 0.1) is 0 Å². The van der Waals surface area contributed by atoms with Crippen molar-refractivity contribution < 1.29 is 4.52 Å². The van der Waals surface area contributed by atoms with Gasteiger partial charge in [0.2, 0.25) is 5.89 Å². The Morgan fingerprint density at radius 3 is 2.61 bits per heavy atom. The number of nitrogens with two attached hydrogens (primary N) is 1. The molecule has 6 heteroatoms. The number of aromatic nitrogens is 2. The lowest BCUT2D eigenvalue weighted by Gasteiger charge is -2.10. The molecule has 4 nitrogen and oxygen atoms in total. The van der Waals surface area contributed by atoms with Crippen molar-refractivity contribution in [2.75, 3.05) is 0 Å². The number of hydrogen-bond donors (Lipinski definition) is 1. The lowest BCUT2D eigenvalue weighted by Crippen LogP contribution is -2.29. The molecule has 18 heavy (non-hydrogen) atoms. The molecule has 2 rings (SSSR count). The van der Waals surface area contributed by atoms with Gasteiger partial charge in [-0.25, -0.2) is 0 Å². The normalized spacial score (nSPS) is 11.8. The molecule has 0 unspecified atom stereocenters. The summed E-state index contributed by atoms with van der Waals surface area (Å²) in [7, 11) is 0. The van der Waals surface area contributed by atoms with Crippen molar-refractivity contribution in [2.24, 2.45) is 5.73 Å². The van der Waals surface area contributed by atoms with Gasteiger partial charge in [-0.2, -0.15) is 4.98 Å². The molecule has 0 saturated carbocycles. The van der Waals surface area contributed by atoms with Crippen molar-refractivity contribution in [1.82, 2.24) is 10.1 Å². The van der Waals surface area contributed by atoms with E-state index in [1.807, 2.05) is 6.07 Å². The highest BCUT2D eigenvalue weighted by Crippen LogP contribution is 2.23. The number of nitrogens with zero attached hydrogens (tertiary/aromatic N) is 2. The van der Waals surface area contributed by atoms with Gasteiger partial charge in [0, 0.05) is 16.5 Å². The molecule has 0 aliphatic heterocycles. The molecular weight excluding hydrogens is 273 g/mol. The van der Waals surface area contributed by atoms with Crippen LogP contribution in [-0.4, -0.2) is 10.1 Å². The monoisotopic (exact) mass is 285 g/mol. The highest BCUT2D eigenvalue weighted by Gasteiger charge is 2.22. The molecule has 0 amide bonds. The van der Waals surface area contributed by atoms with E-state index in [4.69, 9.17) is 33.5 Å². The third-order valence-corrected chi connectivity index (χ3v) is 2.97. The Hall–Kier alpha value is -1.10. The Kier molecular flexibility index (Phi) is 3.61. The molecular formula is C12H13Cl2N3O. The van der Waals surface area contributed by atoms with Crippen molar-refractivity contribution in [2.45, 2.75) is 25.8 Å². The van der Waals surface area contributed by atoms with E-state index in [1.165, 1.54) is 0 Å². The van der Waals surface area contributed by atoms with E-state index in [1.54, 1.807) is 26.0 Å². The van der Waals surface area contributed by atoms with Gasteiger partial charge in [-0.1, -0.05) is 34.4 Å². The van der Waals surface area contributed by atoms with E-state index < -0.39 is 5.54 Å². The quantitative estimate of drug-likeness (QED) is 0.941. The third kappa shape index (κ3) is 3.02. The van der Waals surface area contributed by atoms with Crippen LogP contribution in [0.25, 0.3) is 0 Å². The topological polar surface area (TPSA) is 64.9 Å². The Morgan fingerprint density at radius 1 is 1.33 bits per heavy atom. The number of halogens is 2. The Bertz CT molecular complexity index is 561. The molecule has 0 fully saturated rings. The summed E-state index contributed by atoms with van der Waals surface area (Å²) in [5.41, 5.74) is 6.12. The fourth-order valence-corrected chi connectivity index (χ4v) is 1.90. The lowest BCUT2D eigenvalue weighted by molar-refractivity contribution is 0.310. The molecule has 0 saturated heterocycles. The smallest absolute Gasteiger partial charge is 0.246 e. The first kappa shape index (κ1) is 13.3.